The van der Waals surface area contributed by atoms with Gasteiger partial charge in [0, 0.05) is 26.2 Å². The lowest BCUT2D eigenvalue weighted by molar-refractivity contribution is 0.577. The lowest BCUT2D eigenvalue weighted by Gasteiger charge is -2.10. The van der Waals surface area contributed by atoms with Crippen molar-refractivity contribution in [3.63, 3.8) is 0 Å². The van der Waals surface area contributed by atoms with Gasteiger partial charge in [-0.25, -0.2) is 9.78 Å². The quantitative estimate of drug-likeness (QED) is 0.807. The van der Waals surface area contributed by atoms with Gasteiger partial charge >= 0.3 is 5.69 Å². The minimum atomic E-state index is -0.292. The molecule has 0 radical (unpaired) electrons. The molecular formula is C12H19N5O2. The molecule has 19 heavy (non-hydrogen) atoms. The molecule has 2 aromatic heterocycles. The van der Waals surface area contributed by atoms with Crippen LogP contribution in [0.3, 0.4) is 0 Å². The minimum absolute atomic E-state index is 0.291. The maximum absolute atomic E-state index is 12.3. The minimum Gasteiger partial charge on any atom is -0.329 e. The summed E-state index contributed by atoms with van der Waals surface area (Å²) in [5.74, 6) is 0. The average Bonchev–Trinajstić information content (AvgIpc) is 2.80. The summed E-state index contributed by atoms with van der Waals surface area (Å²) in [6, 6.07) is 0. The smallest absolute Gasteiger partial charge is 0.329 e. The van der Waals surface area contributed by atoms with Gasteiger partial charge in [0.15, 0.2) is 11.2 Å². The third-order valence-corrected chi connectivity index (χ3v) is 3.12. The van der Waals surface area contributed by atoms with Crippen molar-refractivity contribution in [2.45, 2.75) is 39.9 Å². The van der Waals surface area contributed by atoms with Gasteiger partial charge in [0.05, 0.1) is 6.33 Å². The van der Waals surface area contributed by atoms with Crippen LogP contribution < -0.4 is 17.0 Å². The van der Waals surface area contributed by atoms with Gasteiger partial charge in [-0.15, -0.1) is 0 Å². The lowest BCUT2D eigenvalue weighted by Crippen LogP contribution is -2.40. The van der Waals surface area contributed by atoms with Crippen molar-refractivity contribution in [3.8, 4) is 0 Å². The molecule has 2 N–H and O–H groups in total. The summed E-state index contributed by atoms with van der Waals surface area (Å²) in [5.41, 5.74) is 5.86. The molecule has 2 rings (SSSR count). The topological polar surface area (TPSA) is 87.8 Å². The lowest BCUT2D eigenvalue weighted by atomic mass is 10.4. The molecule has 0 spiro atoms. The summed E-state index contributed by atoms with van der Waals surface area (Å²) in [6.07, 6.45) is 2.38. The SMILES string of the molecule is CCCn1c(=O)n(CC)c(=O)c2c1ncn2CCN. The summed E-state index contributed by atoms with van der Waals surface area (Å²) < 4.78 is 4.52. The van der Waals surface area contributed by atoms with Gasteiger partial charge in [-0.3, -0.25) is 13.9 Å². The van der Waals surface area contributed by atoms with Crippen LogP contribution in [0, 0.1) is 0 Å². The van der Waals surface area contributed by atoms with Crippen molar-refractivity contribution in [3.05, 3.63) is 27.2 Å². The number of imidazole rings is 1. The Morgan fingerprint density at radius 2 is 1.95 bits per heavy atom. The maximum atomic E-state index is 12.3. The van der Waals surface area contributed by atoms with Crippen LogP contribution in [-0.4, -0.2) is 25.2 Å². The van der Waals surface area contributed by atoms with E-state index in [2.05, 4.69) is 4.98 Å². The largest absolute Gasteiger partial charge is 0.332 e. The molecule has 0 atom stereocenters. The first-order valence-electron chi connectivity index (χ1n) is 6.54. The highest BCUT2D eigenvalue weighted by atomic mass is 16.2. The highest BCUT2D eigenvalue weighted by molar-refractivity contribution is 5.70. The zero-order chi connectivity index (χ0) is 14.0. The molecule has 0 bridgehead atoms. The Bertz CT molecular complexity index is 694. The van der Waals surface area contributed by atoms with Crippen LogP contribution in [0.15, 0.2) is 15.9 Å². The Morgan fingerprint density at radius 3 is 2.53 bits per heavy atom. The number of rotatable bonds is 5. The van der Waals surface area contributed by atoms with E-state index in [1.807, 2.05) is 6.92 Å². The number of nitrogens with zero attached hydrogens (tertiary/aromatic N) is 4. The molecule has 0 aromatic carbocycles. The van der Waals surface area contributed by atoms with Crippen LogP contribution in [0.25, 0.3) is 11.2 Å². The van der Waals surface area contributed by atoms with Gasteiger partial charge < -0.3 is 10.3 Å². The summed E-state index contributed by atoms with van der Waals surface area (Å²) in [4.78, 5) is 28.8. The Labute approximate surface area is 110 Å². The predicted molar refractivity (Wildman–Crippen MR) is 73.3 cm³/mol. The summed E-state index contributed by atoms with van der Waals surface area (Å²) in [5, 5.41) is 0. The third kappa shape index (κ3) is 2.10. The number of hydrogen-bond acceptors (Lipinski definition) is 4. The molecule has 0 unspecified atom stereocenters. The van der Waals surface area contributed by atoms with Crippen molar-refractivity contribution in [1.82, 2.24) is 18.7 Å². The summed E-state index contributed by atoms with van der Waals surface area (Å²) in [7, 11) is 0. The number of aryl methyl sites for hydroxylation is 1. The standard InChI is InChI=1S/C12H19N5O2/c1-3-6-17-10-9(15(7-5-13)8-14-10)11(18)16(4-2)12(17)19/h8H,3-7,13H2,1-2H3. The van der Waals surface area contributed by atoms with Crippen LogP contribution in [0.4, 0.5) is 0 Å². The van der Waals surface area contributed by atoms with E-state index < -0.39 is 0 Å². The van der Waals surface area contributed by atoms with E-state index in [4.69, 9.17) is 5.73 Å². The molecule has 104 valence electrons. The monoisotopic (exact) mass is 265 g/mol. The van der Waals surface area contributed by atoms with E-state index in [1.54, 1.807) is 22.4 Å². The van der Waals surface area contributed by atoms with Crippen LogP contribution >= 0.6 is 0 Å². The highest BCUT2D eigenvalue weighted by Crippen LogP contribution is 2.06. The van der Waals surface area contributed by atoms with E-state index in [0.717, 1.165) is 6.42 Å². The first-order valence-corrected chi connectivity index (χ1v) is 6.54. The van der Waals surface area contributed by atoms with Crippen molar-refractivity contribution >= 4 is 11.2 Å². The molecule has 0 aliphatic carbocycles. The average molecular weight is 265 g/mol. The molecule has 0 amide bonds. The Kier molecular flexibility index (Phi) is 3.84. The summed E-state index contributed by atoms with van der Waals surface area (Å²) in [6.45, 7) is 5.61. The van der Waals surface area contributed by atoms with Crippen LogP contribution in [-0.2, 0) is 19.6 Å². The summed E-state index contributed by atoms with van der Waals surface area (Å²) >= 11 is 0. The fraction of sp³-hybridized carbons (Fsp3) is 0.583. The van der Waals surface area contributed by atoms with Crippen LogP contribution in [0.1, 0.15) is 20.3 Å². The molecule has 2 aromatic rings. The van der Waals surface area contributed by atoms with Crippen molar-refractivity contribution < 1.29 is 0 Å². The van der Waals surface area contributed by atoms with E-state index in [-0.39, 0.29) is 11.2 Å². The zero-order valence-electron chi connectivity index (χ0n) is 11.3. The molecule has 0 fully saturated rings. The Hall–Kier alpha value is -1.89. The molecule has 0 saturated carbocycles. The first-order chi connectivity index (χ1) is 9.15. The van der Waals surface area contributed by atoms with E-state index in [1.165, 1.54) is 4.57 Å². The van der Waals surface area contributed by atoms with Crippen LogP contribution in [0.2, 0.25) is 0 Å². The maximum Gasteiger partial charge on any atom is 0.332 e. The highest BCUT2D eigenvalue weighted by Gasteiger charge is 2.16. The number of hydrogen-bond donors (Lipinski definition) is 1. The van der Waals surface area contributed by atoms with Crippen molar-refractivity contribution in [2.24, 2.45) is 5.73 Å². The fourth-order valence-electron chi connectivity index (χ4n) is 2.25. The van der Waals surface area contributed by atoms with Gasteiger partial charge in [-0.2, -0.15) is 0 Å². The van der Waals surface area contributed by atoms with Gasteiger partial charge in [-0.1, -0.05) is 6.92 Å². The van der Waals surface area contributed by atoms with E-state index >= 15 is 0 Å². The second kappa shape index (κ2) is 5.40. The van der Waals surface area contributed by atoms with Gasteiger partial charge in [0.25, 0.3) is 5.56 Å². The number of aromatic nitrogens is 4. The second-order valence-corrected chi connectivity index (χ2v) is 4.38. The molecule has 0 aliphatic heterocycles. The predicted octanol–water partition coefficient (Wildman–Crippen LogP) is -0.252. The van der Waals surface area contributed by atoms with Gasteiger partial charge in [-0.05, 0) is 13.3 Å². The normalized spacial score (nSPS) is 11.3. The molecule has 2 heterocycles. The molecular weight excluding hydrogens is 246 g/mol. The molecule has 0 saturated heterocycles. The Balaban J connectivity index is 2.87. The zero-order valence-corrected chi connectivity index (χ0v) is 11.3. The first kappa shape index (κ1) is 13.5. The number of fused-ring (bicyclic) bond motifs is 1. The Morgan fingerprint density at radius 1 is 1.21 bits per heavy atom. The van der Waals surface area contributed by atoms with Gasteiger partial charge in [0.2, 0.25) is 0 Å². The van der Waals surface area contributed by atoms with E-state index in [0.29, 0.717) is 37.3 Å². The molecule has 7 nitrogen and oxygen atoms in total. The second-order valence-electron chi connectivity index (χ2n) is 4.38. The van der Waals surface area contributed by atoms with Gasteiger partial charge in [0.1, 0.15) is 0 Å². The number of nitrogens with two attached hydrogens (primary N) is 1. The van der Waals surface area contributed by atoms with Crippen molar-refractivity contribution in [2.75, 3.05) is 6.54 Å². The van der Waals surface area contributed by atoms with E-state index in [9.17, 15) is 9.59 Å². The fourth-order valence-corrected chi connectivity index (χ4v) is 2.25. The van der Waals surface area contributed by atoms with Crippen molar-refractivity contribution in [1.29, 1.82) is 0 Å². The third-order valence-electron chi connectivity index (χ3n) is 3.12. The van der Waals surface area contributed by atoms with Crippen LogP contribution in [0.5, 0.6) is 0 Å². The molecule has 0 aliphatic rings. The molecule has 7 heteroatoms.